The van der Waals surface area contributed by atoms with Crippen LogP contribution in [0.15, 0.2) is 33.7 Å². The second kappa shape index (κ2) is 4.19. The highest BCUT2D eigenvalue weighted by Gasteiger charge is 2.19. The average molecular weight is 223 g/mol. The van der Waals surface area contributed by atoms with Gasteiger partial charge in [0, 0.05) is 11.3 Å². The Hall–Kier alpha value is -0.740. The average Bonchev–Trinajstić information content (AvgIpc) is 2.27. The summed E-state index contributed by atoms with van der Waals surface area (Å²) < 4.78 is 1.03. The van der Waals surface area contributed by atoms with Crippen molar-refractivity contribution in [3.8, 4) is 0 Å². The van der Waals surface area contributed by atoms with E-state index in [2.05, 4.69) is 5.18 Å². The Labute approximate surface area is 91.1 Å². The number of fused-ring (bicyclic) bond motifs is 1. The largest absolute Gasteiger partial charge is 0.145 e. The van der Waals surface area contributed by atoms with Gasteiger partial charge < -0.3 is 0 Å². The number of nitroso groups, excluding NO2 is 1. The molecular weight excluding hydrogens is 214 g/mol. The maximum atomic E-state index is 10.8. The first-order chi connectivity index (χ1) is 6.86. The fourth-order valence-electron chi connectivity index (χ4n) is 1.44. The maximum Gasteiger partial charge on any atom is 0.135 e. The molecule has 72 valence electrons. The molecule has 4 heteroatoms. The van der Waals surface area contributed by atoms with Gasteiger partial charge in [0.2, 0.25) is 0 Å². The van der Waals surface area contributed by atoms with E-state index in [9.17, 15) is 4.91 Å². The van der Waals surface area contributed by atoms with E-state index in [4.69, 9.17) is 0 Å². The SMILES string of the molecule is CSC1=C(N=O)c2ccccc2CS1. The summed E-state index contributed by atoms with van der Waals surface area (Å²) in [7, 11) is 0. The molecule has 0 radical (unpaired) electrons. The highest BCUT2D eigenvalue weighted by molar-refractivity contribution is 8.21. The van der Waals surface area contributed by atoms with E-state index in [1.54, 1.807) is 23.5 Å². The van der Waals surface area contributed by atoms with Crippen molar-refractivity contribution >= 4 is 29.2 Å². The lowest BCUT2D eigenvalue weighted by Crippen LogP contribution is -1.97. The van der Waals surface area contributed by atoms with Crippen LogP contribution in [0.25, 0.3) is 5.70 Å². The van der Waals surface area contributed by atoms with Crippen LogP contribution in [0.4, 0.5) is 0 Å². The summed E-state index contributed by atoms with van der Waals surface area (Å²) >= 11 is 3.28. The summed E-state index contributed by atoms with van der Waals surface area (Å²) in [5.41, 5.74) is 2.79. The first-order valence-corrected chi connectivity index (χ1v) is 6.40. The third-order valence-electron chi connectivity index (χ3n) is 2.10. The van der Waals surface area contributed by atoms with Crippen LogP contribution in [0.3, 0.4) is 0 Å². The molecule has 1 aromatic rings. The Bertz CT molecular complexity index is 401. The third-order valence-corrected chi connectivity index (χ3v) is 4.43. The zero-order valence-electron chi connectivity index (χ0n) is 7.69. The molecule has 0 fully saturated rings. The number of hydrogen-bond donors (Lipinski definition) is 0. The molecule has 0 amide bonds. The molecule has 0 spiro atoms. The van der Waals surface area contributed by atoms with Gasteiger partial charge in [-0.2, -0.15) is 0 Å². The van der Waals surface area contributed by atoms with E-state index in [-0.39, 0.29) is 0 Å². The van der Waals surface area contributed by atoms with Gasteiger partial charge >= 0.3 is 0 Å². The zero-order valence-corrected chi connectivity index (χ0v) is 9.32. The molecule has 0 atom stereocenters. The van der Waals surface area contributed by atoms with Crippen molar-refractivity contribution in [1.82, 2.24) is 0 Å². The van der Waals surface area contributed by atoms with Crippen LogP contribution in [0.5, 0.6) is 0 Å². The van der Waals surface area contributed by atoms with Crippen molar-refractivity contribution in [1.29, 1.82) is 0 Å². The van der Waals surface area contributed by atoms with Gasteiger partial charge in [-0.1, -0.05) is 24.3 Å². The van der Waals surface area contributed by atoms with Gasteiger partial charge in [0.1, 0.15) is 5.70 Å². The fourth-order valence-corrected chi connectivity index (χ4v) is 3.25. The lowest BCUT2D eigenvalue weighted by Gasteiger charge is -2.16. The predicted molar refractivity (Wildman–Crippen MR) is 64.0 cm³/mol. The van der Waals surface area contributed by atoms with E-state index < -0.39 is 0 Å². The minimum absolute atomic E-state index is 0.601. The maximum absolute atomic E-state index is 10.8. The zero-order chi connectivity index (χ0) is 9.97. The number of benzene rings is 1. The second-order valence-corrected chi connectivity index (χ2v) is 4.94. The molecule has 2 rings (SSSR count). The van der Waals surface area contributed by atoms with Crippen LogP contribution in [0, 0.1) is 4.91 Å². The molecule has 0 aliphatic carbocycles. The van der Waals surface area contributed by atoms with Gasteiger partial charge in [0.05, 0.1) is 4.24 Å². The highest BCUT2D eigenvalue weighted by Crippen LogP contribution is 2.42. The van der Waals surface area contributed by atoms with Crippen LogP contribution < -0.4 is 0 Å². The van der Waals surface area contributed by atoms with Crippen LogP contribution in [0.1, 0.15) is 11.1 Å². The van der Waals surface area contributed by atoms with Gasteiger partial charge in [-0.3, -0.25) is 0 Å². The monoisotopic (exact) mass is 223 g/mol. The van der Waals surface area contributed by atoms with Gasteiger partial charge in [-0.05, 0) is 17.0 Å². The summed E-state index contributed by atoms with van der Waals surface area (Å²) in [6.07, 6.45) is 1.97. The molecule has 1 heterocycles. The Morgan fingerprint density at radius 2 is 2.21 bits per heavy atom. The molecule has 0 saturated carbocycles. The molecule has 0 aromatic heterocycles. The molecular formula is C10H9NOS2. The van der Waals surface area contributed by atoms with Crippen molar-refractivity contribution in [2.45, 2.75) is 5.75 Å². The summed E-state index contributed by atoms with van der Waals surface area (Å²) in [6.45, 7) is 0. The van der Waals surface area contributed by atoms with Crippen LogP contribution in [0.2, 0.25) is 0 Å². The standard InChI is InChI=1S/C10H9NOS2/c1-13-10-9(11-12)8-5-3-2-4-7(8)6-14-10/h2-5H,6H2,1H3. The highest BCUT2D eigenvalue weighted by atomic mass is 32.2. The lowest BCUT2D eigenvalue weighted by molar-refractivity contribution is 1.34. The smallest absolute Gasteiger partial charge is 0.135 e. The molecule has 14 heavy (non-hydrogen) atoms. The van der Waals surface area contributed by atoms with Gasteiger partial charge in [0.15, 0.2) is 0 Å². The Morgan fingerprint density at radius 1 is 1.43 bits per heavy atom. The lowest BCUT2D eigenvalue weighted by atomic mass is 10.1. The van der Waals surface area contributed by atoms with E-state index >= 15 is 0 Å². The Morgan fingerprint density at radius 3 is 2.93 bits per heavy atom. The molecule has 1 aromatic carbocycles. The Kier molecular flexibility index (Phi) is 2.93. The van der Waals surface area contributed by atoms with Gasteiger partial charge in [-0.15, -0.1) is 28.4 Å². The molecule has 2 nitrogen and oxygen atoms in total. The van der Waals surface area contributed by atoms with E-state index in [1.165, 1.54) is 5.56 Å². The molecule has 1 aliphatic rings. The van der Waals surface area contributed by atoms with Crippen LogP contribution in [-0.4, -0.2) is 6.26 Å². The van der Waals surface area contributed by atoms with E-state index in [0.717, 1.165) is 15.6 Å². The minimum atomic E-state index is 0.601. The molecule has 0 bridgehead atoms. The summed E-state index contributed by atoms with van der Waals surface area (Å²) in [6, 6.07) is 7.94. The third kappa shape index (κ3) is 1.60. The summed E-state index contributed by atoms with van der Waals surface area (Å²) in [4.78, 5) is 10.8. The number of thioether (sulfide) groups is 2. The fraction of sp³-hybridized carbons (Fsp3) is 0.200. The number of hydrogen-bond acceptors (Lipinski definition) is 4. The molecule has 1 aliphatic heterocycles. The molecule has 0 N–H and O–H groups in total. The first kappa shape index (κ1) is 9.80. The quantitative estimate of drug-likeness (QED) is 0.716. The normalized spacial score (nSPS) is 15.2. The van der Waals surface area contributed by atoms with E-state index in [0.29, 0.717) is 5.70 Å². The first-order valence-electron chi connectivity index (χ1n) is 4.19. The predicted octanol–water partition coefficient (Wildman–Crippen LogP) is 3.69. The van der Waals surface area contributed by atoms with Crippen molar-refractivity contribution in [3.05, 3.63) is 44.5 Å². The minimum Gasteiger partial charge on any atom is -0.145 e. The van der Waals surface area contributed by atoms with Crippen molar-refractivity contribution in [3.63, 3.8) is 0 Å². The van der Waals surface area contributed by atoms with Gasteiger partial charge in [0.25, 0.3) is 0 Å². The second-order valence-electron chi connectivity index (χ2n) is 2.88. The summed E-state index contributed by atoms with van der Waals surface area (Å²) in [5.74, 6) is 0.936. The summed E-state index contributed by atoms with van der Waals surface area (Å²) in [5, 5.41) is 3.13. The molecule has 0 unspecified atom stereocenters. The van der Waals surface area contributed by atoms with Crippen molar-refractivity contribution in [2.75, 3.05) is 6.26 Å². The van der Waals surface area contributed by atoms with E-state index in [1.807, 2.05) is 30.5 Å². The number of nitrogens with zero attached hydrogens (tertiary/aromatic N) is 1. The Balaban J connectivity index is 2.57. The van der Waals surface area contributed by atoms with Crippen LogP contribution >= 0.6 is 23.5 Å². The van der Waals surface area contributed by atoms with Crippen molar-refractivity contribution < 1.29 is 0 Å². The number of rotatable bonds is 2. The topological polar surface area (TPSA) is 29.4 Å². The molecule has 0 saturated heterocycles. The van der Waals surface area contributed by atoms with Gasteiger partial charge in [-0.25, -0.2) is 0 Å². The van der Waals surface area contributed by atoms with Crippen molar-refractivity contribution in [2.24, 2.45) is 5.18 Å². The van der Waals surface area contributed by atoms with Crippen LogP contribution in [-0.2, 0) is 5.75 Å².